The number of hydrogen-bond donors (Lipinski definition) is 1. The molecule has 9 heteroatoms. The van der Waals surface area contributed by atoms with Crippen molar-refractivity contribution in [1.82, 2.24) is 4.90 Å². The van der Waals surface area contributed by atoms with Crippen LogP contribution in [0.2, 0.25) is 5.02 Å². The summed E-state index contributed by atoms with van der Waals surface area (Å²) in [5.74, 6) is -1.78. The second kappa shape index (κ2) is 5.96. The highest BCUT2D eigenvalue weighted by atomic mass is 35.5. The zero-order chi connectivity index (χ0) is 16.5. The van der Waals surface area contributed by atoms with E-state index in [2.05, 4.69) is 5.32 Å². The quantitative estimate of drug-likeness (QED) is 0.863. The van der Waals surface area contributed by atoms with E-state index in [0.717, 1.165) is 17.0 Å². The molecule has 0 radical (unpaired) electrons. The average molecular weight is 335 g/mol. The standard InChI is InChI=1S/C13H10ClF3N2O3/c14-8-2-1-7(13(15,16)17)5-9(8)18-10(20)6-19-11(21)3-4-12(19)22/h1-2,5H,3-4,6H2,(H,18,20). The zero-order valence-corrected chi connectivity index (χ0v) is 11.8. The van der Waals surface area contributed by atoms with E-state index in [1.807, 2.05) is 0 Å². The molecule has 1 aliphatic rings. The van der Waals surface area contributed by atoms with Crippen LogP contribution in [0.15, 0.2) is 18.2 Å². The van der Waals surface area contributed by atoms with Gasteiger partial charge < -0.3 is 5.32 Å². The summed E-state index contributed by atoms with van der Waals surface area (Å²) in [6, 6.07) is 2.48. The van der Waals surface area contributed by atoms with E-state index in [1.54, 1.807) is 0 Å². The summed E-state index contributed by atoms with van der Waals surface area (Å²) in [4.78, 5) is 35.3. The molecule has 1 heterocycles. The third-order valence-electron chi connectivity index (χ3n) is 3.02. The number of carbonyl (C=O) groups excluding carboxylic acids is 3. The average Bonchev–Trinajstić information content (AvgIpc) is 2.72. The normalized spacial score (nSPS) is 15.4. The maximum atomic E-state index is 12.6. The Morgan fingerprint density at radius 1 is 1.23 bits per heavy atom. The smallest absolute Gasteiger partial charge is 0.323 e. The van der Waals surface area contributed by atoms with E-state index in [9.17, 15) is 27.6 Å². The second-order valence-electron chi connectivity index (χ2n) is 4.61. The van der Waals surface area contributed by atoms with Gasteiger partial charge in [-0.2, -0.15) is 13.2 Å². The lowest BCUT2D eigenvalue weighted by atomic mass is 10.2. The fourth-order valence-corrected chi connectivity index (χ4v) is 2.09. The fraction of sp³-hybridized carbons (Fsp3) is 0.308. The number of halogens is 4. The molecule has 0 unspecified atom stereocenters. The van der Waals surface area contributed by atoms with Gasteiger partial charge in [0, 0.05) is 12.8 Å². The zero-order valence-electron chi connectivity index (χ0n) is 11.0. The van der Waals surface area contributed by atoms with Gasteiger partial charge >= 0.3 is 6.18 Å². The molecule has 1 N–H and O–H groups in total. The number of rotatable bonds is 3. The number of alkyl halides is 3. The Morgan fingerprint density at radius 2 is 1.82 bits per heavy atom. The molecule has 0 atom stereocenters. The number of nitrogens with one attached hydrogen (secondary N) is 1. The Hall–Kier alpha value is -2.09. The number of imide groups is 1. The van der Waals surface area contributed by atoms with Crippen molar-refractivity contribution >= 4 is 35.0 Å². The van der Waals surface area contributed by atoms with Crippen molar-refractivity contribution in [3.8, 4) is 0 Å². The van der Waals surface area contributed by atoms with Crippen molar-refractivity contribution < 1.29 is 27.6 Å². The first-order valence-electron chi connectivity index (χ1n) is 6.18. The maximum Gasteiger partial charge on any atom is 0.416 e. The highest BCUT2D eigenvalue weighted by Gasteiger charge is 2.32. The van der Waals surface area contributed by atoms with Crippen molar-refractivity contribution in [2.45, 2.75) is 19.0 Å². The lowest BCUT2D eigenvalue weighted by Crippen LogP contribution is -2.36. The Morgan fingerprint density at radius 3 is 2.36 bits per heavy atom. The molecule has 5 nitrogen and oxygen atoms in total. The Kier molecular flexibility index (Phi) is 4.41. The summed E-state index contributed by atoms with van der Waals surface area (Å²) in [5.41, 5.74) is -1.21. The Bertz CT molecular complexity index is 630. The molecule has 22 heavy (non-hydrogen) atoms. The largest absolute Gasteiger partial charge is 0.416 e. The molecule has 1 fully saturated rings. The minimum absolute atomic E-state index is 0.0242. The molecular formula is C13H10ClF3N2O3. The molecule has 118 valence electrons. The van der Waals surface area contributed by atoms with Crippen molar-refractivity contribution in [1.29, 1.82) is 0 Å². The summed E-state index contributed by atoms with van der Waals surface area (Å²) >= 11 is 5.73. The second-order valence-corrected chi connectivity index (χ2v) is 5.02. The maximum absolute atomic E-state index is 12.6. The third-order valence-corrected chi connectivity index (χ3v) is 3.35. The minimum Gasteiger partial charge on any atom is -0.323 e. The Labute approximate surface area is 128 Å². The molecular weight excluding hydrogens is 325 g/mol. The van der Waals surface area contributed by atoms with E-state index in [1.165, 1.54) is 0 Å². The van der Waals surface area contributed by atoms with Gasteiger partial charge in [0.1, 0.15) is 6.54 Å². The summed E-state index contributed by atoms with van der Waals surface area (Å²) in [5, 5.41) is 2.09. The molecule has 0 aliphatic carbocycles. The van der Waals surface area contributed by atoms with Crippen LogP contribution in [0.3, 0.4) is 0 Å². The van der Waals surface area contributed by atoms with E-state index in [-0.39, 0.29) is 23.6 Å². The van der Waals surface area contributed by atoms with Gasteiger partial charge in [-0.05, 0) is 18.2 Å². The summed E-state index contributed by atoms with van der Waals surface area (Å²) in [6.45, 7) is -0.551. The van der Waals surface area contributed by atoms with Crippen LogP contribution in [0.25, 0.3) is 0 Å². The van der Waals surface area contributed by atoms with Crippen LogP contribution < -0.4 is 5.32 Å². The van der Waals surface area contributed by atoms with Gasteiger partial charge in [0.25, 0.3) is 0 Å². The number of benzene rings is 1. The van der Waals surface area contributed by atoms with Crippen LogP contribution in [-0.4, -0.2) is 29.2 Å². The molecule has 1 aromatic carbocycles. The first kappa shape index (κ1) is 16.3. The van der Waals surface area contributed by atoms with Crippen LogP contribution in [0, 0.1) is 0 Å². The minimum atomic E-state index is -4.58. The lowest BCUT2D eigenvalue weighted by Gasteiger charge is -2.15. The van der Waals surface area contributed by atoms with Crippen molar-refractivity contribution in [2.75, 3.05) is 11.9 Å². The van der Waals surface area contributed by atoms with Gasteiger partial charge in [-0.15, -0.1) is 0 Å². The lowest BCUT2D eigenvalue weighted by molar-refractivity contribution is -0.141. The van der Waals surface area contributed by atoms with E-state index in [4.69, 9.17) is 11.6 Å². The predicted octanol–water partition coefficient (Wildman–Crippen LogP) is 2.45. The summed E-state index contributed by atoms with van der Waals surface area (Å²) < 4.78 is 37.8. The highest BCUT2D eigenvalue weighted by molar-refractivity contribution is 6.33. The first-order chi connectivity index (χ1) is 10.2. The SMILES string of the molecule is O=C(CN1C(=O)CCC1=O)Nc1cc(C(F)(F)F)ccc1Cl. The van der Waals surface area contributed by atoms with Crippen LogP contribution in [-0.2, 0) is 20.6 Å². The Balaban J connectivity index is 2.11. The van der Waals surface area contributed by atoms with Gasteiger partial charge in [0.2, 0.25) is 17.7 Å². The topological polar surface area (TPSA) is 66.5 Å². The number of anilines is 1. The molecule has 0 saturated carbocycles. The molecule has 0 spiro atoms. The highest BCUT2D eigenvalue weighted by Crippen LogP contribution is 2.33. The predicted molar refractivity (Wildman–Crippen MR) is 71.0 cm³/mol. The van der Waals surface area contributed by atoms with Crippen molar-refractivity contribution in [3.63, 3.8) is 0 Å². The fourth-order valence-electron chi connectivity index (χ4n) is 1.93. The van der Waals surface area contributed by atoms with E-state index >= 15 is 0 Å². The molecule has 0 bridgehead atoms. The van der Waals surface area contributed by atoms with Gasteiger partial charge in [-0.1, -0.05) is 11.6 Å². The third kappa shape index (κ3) is 3.56. The monoisotopic (exact) mass is 334 g/mol. The number of hydrogen-bond acceptors (Lipinski definition) is 3. The molecule has 2 rings (SSSR count). The molecule has 1 saturated heterocycles. The number of amides is 3. The van der Waals surface area contributed by atoms with Crippen molar-refractivity contribution in [2.24, 2.45) is 0 Å². The summed E-state index contributed by atoms with van der Waals surface area (Å²) in [6.07, 6.45) is -4.53. The molecule has 1 aromatic rings. The number of nitrogens with zero attached hydrogens (tertiary/aromatic N) is 1. The number of carbonyl (C=O) groups is 3. The molecule has 3 amide bonds. The van der Waals surface area contributed by atoms with Gasteiger partial charge in [-0.3, -0.25) is 19.3 Å². The van der Waals surface area contributed by atoms with E-state index in [0.29, 0.717) is 6.07 Å². The van der Waals surface area contributed by atoms with Crippen molar-refractivity contribution in [3.05, 3.63) is 28.8 Å². The van der Waals surface area contributed by atoms with Gasteiger partial charge in [0.05, 0.1) is 16.3 Å². The first-order valence-corrected chi connectivity index (χ1v) is 6.56. The molecule has 1 aliphatic heterocycles. The summed E-state index contributed by atoms with van der Waals surface area (Å²) in [7, 11) is 0. The molecule has 0 aromatic heterocycles. The van der Waals surface area contributed by atoms with Gasteiger partial charge in [-0.25, -0.2) is 0 Å². The van der Waals surface area contributed by atoms with Crippen LogP contribution in [0.4, 0.5) is 18.9 Å². The van der Waals surface area contributed by atoms with Crippen LogP contribution >= 0.6 is 11.6 Å². The van der Waals surface area contributed by atoms with Crippen LogP contribution in [0.5, 0.6) is 0 Å². The van der Waals surface area contributed by atoms with Gasteiger partial charge in [0.15, 0.2) is 0 Å². The van der Waals surface area contributed by atoms with E-state index < -0.39 is 36.0 Å². The van der Waals surface area contributed by atoms with Crippen LogP contribution in [0.1, 0.15) is 18.4 Å². The number of likely N-dealkylation sites (tertiary alicyclic amines) is 1.